The molecule has 0 bridgehead atoms. The van der Waals surface area contributed by atoms with E-state index in [2.05, 4.69) is 5.32 Å². The Morgan fingerprint density at radius 1 is 1.67 bits per heavy atom. The van der Waals surface area contributed by atoms with E-state index in [1.807, 2.05) is 13.8 Å². The van der Waals surface area contributed by atoms with Gasteiger partial charge in [-0.2, -0.15) is 0 Å². The molecule has 2 N–H and O–H groups in total. The van der Waals surface area contributed by atoms with Crippen LogP contribution in [0, 0.1) is 5.41 Å². The molecule has 1 rings (SSSR count). The predicted molar refractivity (Wildman–Crippen MR) is 55.5 cm³/mol. The quantitative estimate of drug-likeness (QED) is 0.674. The molecule has 0 aromatic rings. The molecule has 1 heterocycles. The largest absolute Gasteiger partial charge is 0.481 e. The van der Waals surface area contributed by atoms with Gasteiger partial charge in [0, 0.05) is 20.1 Å². The highest BCUT2D eigenvalue weighted by atomic mass is 16.4. The first kappa shape index (κ1) is 12.0. The topological polar surface area (TPSA) is 69.6 Å². The van der Waals surface area contributed by atoms with Gasteiger partial charge in [-0.15, -0.1) is 0 Å². The monoisotopic (exact) mass is 214 g/mol. The van der Waals surface area contributed by atoms with Crippen LogP contribution in [0.3, 0.4) is 0 Å². The number of carboxylic acids is 1. The molecule has 1 saturated heterocycles. The Morgan fingerprint density at radius 2 is 2.27 bits per heavy atom. The van der Waals surface area contributed by atoms with Crippen molar-refractivity contribution in [3.8, 4) is 0 Å². The van der Waals surface area contributed by atoms with Crippen LogP contribution in [0.5, 0.6) is 0 Å². The molecule has 1 amide bonds. The van der Waals surface area contributed by atoms with Gasteiger partial charge < -0.3 is 15.3 Å². The molecule has 86 valence electrons. The van der Waals surface area contributed by atoms with Gasteiger partial charge in [0.15, 0.2) is 0 Å². The summed E-state index contributed by atoms with van der Waals surface area (Å²) in [6, 6.07) is -0.589. The van der Waals surface area contributed by atoms with Gasteiger partial charge in [-0.05, 0) is 5.41 Å². The number of nitrogens with one attached hydrogen (secondary N) is 1. The van der Waals surface area contributed by atoms with E-state index < -0.39 is 12.0 Å². The Bertz CT molecular complexity index is 276. The minimum absolute atomic E-state index is 0.0162. The van der Waals surface area contributed by atoms with Crippen LogP contribution < -0.4 is 5.32 Å². The molecule has 1 atom stereocenters. The summed E-state index contributed by atoms with van der Waals surface area (Å²) in [5.74, 6) is -1.09. The lowest BCUT2D eigenvalue weighted by molar-refractivity contribution is -0.141. The second-order valence-corrected chi connectivity index (χ2v) is 4.89. The van der Waals surface area contributed by atoms with Crippen LogP contribution in [-0.4, -0.2) is 48.1 Å². The number of carbonyl (C=O) groups is 2. The fourth-order valence-electron chi connectivity index (χ4n) is 1.86. The van der Waals surface area contributed by atoms with E-state index in [1.165, 1.54) is 0 Å². The fourth-order valence-corrected chi connectivity index (χ4v) is 1.86. The molecule has 1 aliphatic heterocycles. The maximum atomic E-state index is 11.8. The number of nitrogens with zero attached hydrogens (tertiary/aromatic N) is 1. The Morgan fingerprint density at radius 3 is 2.80 bits per heavy atom. The first-order chi connectivity index (χ1) is 6.82. The van der Waals surface area contributed by atoms with E-state index in [4.69, 9.17) is 5.11 Å². The molecule has 1 fully saturated rings. The van der Waals surface area contributed by atoms with Crippen molar-refractivity contribution in [1.29, 1.82) is 0 Å². The number of hydrogen-bond acceptors (Lipinski definition) is 3. The average molecular weight is 214 g/mol. The summed E-state index contributed by atoms with van der Waals surface area (Å²) >= 11 is 0. The molecule has 1 aliphatic rings. The lowest BCUT2D eigenvalue weighted by Crippen LogP contribution is -2.43. The van der Waals surface area contributed by atoms with Gasteiger partial charge in [-0.1, -0.05) is 13.8 Å². The number of carboxylic acid groups (broad SMARTS) is 1. The zero-order valence-electron chi connectivity index (χ0n) is 9.41. The van der Waals surface area contributed by atoms with E-state index in [1.54, 1.807) is 11.9 Å². The smallest absolute Gasteiger partial charge is 0.305 e. The molecule has 0 saturated carbocycles. The third-order valence-corrected chi connectivity index (χ3v) is 2.55. The normalized spacial score (nSPS) is 26.2. The van der Waals surface area contributed by atoms with Gasteiger partial charge in [0.25, 0.3) is 0 Å². The summed E-state index contributed by atoms with van der Waals surface area (Å²) in [4.78, 5) is 24.0. The number of hydrogen-bond donors (Lipinski definition) is 2. The van der Waals surface area contributed by atoms with Crippen molar-refractivity contribution >= 4 is 11.9 Å². The van der Waals surface area contributed by atoms with E-state index in [9.17, 15) is 9.59 Å². The van der Waals surface area contributed by atoms with Gasteiger partial charge in [0.05, 0.1) is 12.5 Å². The number of aliphatic carboxylic acids is 1. The Balaban J connectivity index is 2.75. The van der Waals surface area contributed by atoms with E-state index in [0.717, 1.165) is 0 Å². The maximum absolute atomic E-state index is 11.8. The van der Waals surface area contributed by atoms with Gasteiger partial charge >= 0.3 is 5.97 Å². The van der Waals surface area contributed by atoms with Crippen LogP contribution >= 0.6 is 0 Å². The lowest BCUT2D eigenvalue weighted by atomic mass is 9.93. The molecule has 0 radical (unpaired) electrons. The highest BCUT2D eigenvalue weighted by Crippen LogP contribution is 2.19. The predicted octanol–water partition coefficient (Wildman–Crippen LogP) is -0.0825. The number of carbonyl (C=O) groups excluding carboxylic acids is 1. The molecule has 0 spiro atoms. The van der Waals surface area contributed by atoms with Crippen LogP contribution in [-0.2, 0) is 9.59 Å². The maximum Gasteiger partial charge on any atom is 0.305 e. The van der Waals surface area contributed by atoms with Crippen LogP contribution in [0.4, 0.5) is 0 Å². The van der Waals surface area contributed by atoms with Gasteiger partial charge in [0.2, 0.25) is 5.91 Å². The van der Waals surface area contributed by atoms with Gasteiger partial charge in [-0.25, -0.2) is 0 Å². The van der Waals surface area contributed by atoms with Crippen LogP contribution in [0.25, 0.3) is 0 Å². The second kappa shape index (κ2) is 4.18. The Kier molecular flexibility index (Phi) is 3.34. The van der Waals surface area contributed by atoms with Crippen LogP contribution in [0.15, 0.2) is 0 Å². The Labute approximate surface area is 89.4 Å². The van der Waals surface area contributed by atoms with E-state index in [-0.39, 0.29) is 17.7 Å². The molecular weight excluding hydrogens is 196 g/mol. The molecule has 15 heavy (non-hydrogen) atoms. The number of rotatable bonds is 2. The second-order valence-electron chi connectivity index (χ2n) is 4.89. The van der Waals surface area contributed by atoms with E-state index in [0.29, 0.717) is 13.1 Å². The molecule has 0 aromatic carbocycles. The summed E-state index contributed by atoms with van der Waals surface area (Å²) in [5.41, 5.74) is -0.0162. The summed E-state index contributed by atoms with van der Waals surface area (Å²) in [6.45, 7) is 5.40. The van der Waals surface area contributed by atoms with Crippen molar-refractivity contribution in [3.05, 3.63) is 0 Å². The highest BCUT2D eigenvalue weighted by Gasteiger charge is 2.33. The molecule has 5 heteroatoms. The van der Waals surface area contributed by atoms with E-state index >= 15 is 0 Å². The Hall–Kier alpha value is -1.10. The minimum Gasteiger partial charge on any atom is -0.481 e. The van der Waals surface area contributed by atoms with Gasteiger partial charge in [-0.3, -0.25) is 9.59 Å². The highest BCUT2D eigenvalue weighted by molar-refractivity contribution is 5.86. The summed E-state index contributed by atoms with van der Waals surface area (Å²) in [5, 5.41) is 11.7. The molecule has 5 nitrogen and oxygen atoms in total. The fraction of sp³-hybridized carbons (Fsp3) is 0.800. The van der Waals surface area contributed by atoms with Crippen LogP contribution in [0.1, 0.15) is 20.3 Å². The third kappa shape index (κ3) is 3.20. The number of likely N-dealkylation sites (N-methyl/N-ethyl adjacent to an activating group) is 1. The van der Waals surface area contributed by atoms with Crippen molar-refractivity contribution in [2.75, 3.05) is 20.1 Å². The molecule has 1 unspecified atom stereocenters. The molecule has 0 aliphatic carbocycles. The zero-order chi connectivity index (χ0) is 11.6. The van der Waals surface area contributed by atoms with Crippen molar-refractivity contribution in [2.24, 2.45) is 5.41 Å². The van der Waals surface area contributed by atoms with Crippen molar-refractivity contribution in [1.82, 2.24) is 10.2 Å². The minimum atomic E-state index is -0.950. The molecular formula is C10H18N2O3. The zero-order valence-corrected chi connectivity index (χ0v) is 9.41. The average Bonchev–Trinajstić information content (AvgIpc) is 2.16. The van der Waals surface area contributed by atoms with Crippen molar-refractivity contribution < 1.29 is 14.7 Å². The van der Waals surface area contributed by atoms with Gasteiger partial charge in [0.1, 0.15) is 0 Å². The SMILES string of the molecule is CN1CC(C)(C)CNC(CC(=O)O)C1=O. The van der Waals surface area contributed by atoms with Crippen LogP contribution in [0.2, 0.25) is 0 Å². The first-order valence-electron chi connectivity index (χ1n) is 5.02. The summed E-state index contributed by atoms with van der Waals surface area (Å²) < 4.78 is 0. The standard InChI is InChI=1S/C10H18N2O3/c1-10(2)5-11-7(4-8(13)14)9(15)12(3)6-10/h7,11H,4-6H2,1-3H3,(H,13,14). The first-order valence-corrected chi connectivity index (χ1v) is 5.02. The molecule has 0 aromatic heterocycles. The summed E-state index contributed by atoms with van der Waals surface area (Å²) in [7, 11) is 1.71. The van der Waals surface area contributed by atoms with Crippen molar-refractivity contribution in [2.45, 2.75) is 26.3 Å². The lowest BCUT2D eigenvalue weighted by Gasteiger charge is -2.25. The third-order valence-electron chi connectivity index (χ3n) is 2.55. The van der Waals surface area contributed by atoms with Crippen molar-refractivity contribution in [3.63, 3.8) is 0 Å². The number of amides is 1. The summed E-state index contributed by atoms with van der Waals surface area (Å²) in [6.07, 6.45) is -0.154.